The number of halogens is 1. The summed E-state index contributed by atoms with van der Waals surface area (Å²) in [6.07, 6.45) is 3.48. The van der Waals surface area contributed by atoms with Gasteiger partial charge in [-0.2, -0.15) is 10.4 Å². The summed E-state index contributed by atoms with van der Waals surface area (Å²) in [6, 6.07) is 8.69. The van der Waals surface area contributed by atoms with Gasteiger partial charge in [-0.25, -0.2) is 4.39 Å². The molecule has 0 saturated heterocycles. The lowest BCUT2D eigenvalue weighted by atomic mass is 9.84. The highest BCUT2D eigenvalue weighted by Gasteiger charge is 2.28. The molecular formula is C17H19FN4. The van der Waals surface area contributed by atoms with Crippen molar-refractivity contribution in [1.29, 1.82) is 5.26 Å². The molecule has 22 heavy (non-hydrogen) atoms. The molecule has 0 bridgehead atoms. The Morgan fingerprint density at radius 1 is 1.45 bits per heavy atom. The van der Waals surface area contributed by atoms with E-state index in [2.05, 4.69) is 11.2 Å². The number of nitrogens with zero attached hydrogens (tertiary/aromatic N) is 3. The van der Waals surface area contributed by atoms with Gasteiger partial charge in [-0.1, -0.05) is 12.1 Å². The number of aryl methyl sites for hydroxylation is 1. The maximum atomic E-state index is 13.6. The van der Waals surface area contributed by atoms with E-state index in [0.29, 0.717) is 19.5 Å². The van der Waals surface area contributed by atoms with Crippen LogP contribution in [0.1, 0.15) is 36.4 Å². The van der Waals surface area contributed by atoms with Crippen molar-refractivity contribution in [2.75, 3.05) is 6.54 Å². The number of benzene rings is 1. The molecule has 1 aliphatic carbocycles. The summed E-state index contributed by atoms with van der Waals surface area (Å²) in [5, 5.41) is 13.5. The molecule has 2 N–H and O–H groups in total. The van der Waals surface area contributed by atoms with E-state index in [-0.39, 0.29) is 11.7 Å². The van der Waals surface area contributed by atoms with Gasteiger partial charge < -0.3 is 5.73 Å². The second-order valence-corrected chi connectivity index (χ2v) is 5.68. The van der Waals surface area contributed by atoms with E-state index in [1.54, 1.807) is 6.07 Å². The van der Waals surface area contributed by atoms with E-state index in [9.17, 15) is 4.39 Å². The molecule has 1 heterocycles. The van der Waals surface area contributed by atoms with Gasteiger partial charge in [0.15, 0.2) is 0 Å². The van der Waals surface area contributed by atoms with Crippen LogP contribution < -0.4 is 5.73 Å². The molecule has 0 saturated carbocycles. The first-order valence-corrected chi connectivity index (χ1v) is 7.67. The van der Waals surface area contributed by atoms with Gasteiger partial charge >= 0.3 is 0 Å². The molecule has 4 nitrogen and oxygen atoms in total. The zero-order valence-electron chi connectivity index (χ0n) is 12.4. The van der Waals surface area contributed by atoms with E-state index < -0.39 is 0 Å². The Bertz CT molecular complexity index is 714. The third-order valence-corrected chi connectivity index (χ3v) is 4.29. The largest absolute Gasteiger partial charge is 0.330 e. The SMILES string of the molecule is N#CCCn1nc(-c2cccc(F)c2)c2c1CCCC2CN. The normalized spacial score (nSPS) is 17.0. The summed E-state index contributed by atoms with van der Waals surface area (Å²) in [4.78, 5) is 0. The molecule has 1 unspecified atom stereocenters. The average molecular weight is 298 g/mol. The third-order valence-electron chi connectivity index (χ3n) is 4.29. The number of fused-ring (bicyclic) bond motifs is 1. The van der Waals surface area contributed by atoms with Crippen molar-refractivity contribution in [3.8, 4) is 17.3 Å². The van der Waals surface area contributed by atoms with Gasteiger partial charge in [0, 0.05) is 22.7 Å². The molecule has 5 heteroatoms. The van der Waals surface area contributed by atoms with Gasteiger partial charge in [0.05, 0.1) is 24.7 Å². The van der Waals surface area contributed by atoms with Gasteiger partial charge in [0.1, 0.15) is 5.82 Å². The fourth-order valence-electron chi connectivity index (χ4n) is 3.29. The van der Waals surface area contributed by atoms with Gasteiger partial charge in [-0.15, -0.1) is 0 Å². The first-order chi connectivity index (χ1) is 10.7. The predicted octanol–water partition coefficient (Wildman–Crippen LogP) is 2.98. The minimum atomic E-state index is -0.266. The molecule has 0 radical (unpaired) electrons. The summed E-state index contributed by atoms with van der Waals surface area (Å²) < 4.78 is 15.5. The maximum Gasteiger partial charge on any atom is 0.123 e. The summed E-state index contributed by atoms with van der Waals surface area (Å²) in [5.41, 5.74) is 9.86. The minimum absolute atomic E-state index is 0.262. The van der Waals surface area contributed by atoms with Gasteiger partial charge in [0.2, 0.25) is 0 Å². The summed E-state index contributed by atoms with van der Waals surface area (Å²) in [6.45, 7) is 1.14. The van der Waals surface area contributed by atoms with E-state index in [0.717, 1.165) is 41.8 Å². The molecule has 0 spiro atoms. The molecular weight excluding hydrogens is 279 g/mol. The first kappa shape index (κ1) is 14.7. The zero-order valence-corrected chi connectivity index (χ0v) is 12.4. The lowest BCUT2D eigenvalue weighted by molar-refractivity contribution is 0.520. The van der Waals surface area contributed by atoms with E-state index >= 15 is 0 Å². The molecule has 3 rings (SSSR count). The lowest BCUT2D eigenvalue weighted by Gasteiger charge is -2.22. The molecule has 1 aliphatic rings. The highest BCUT2D eigenvalue weighted by Crippen LogP contribution is 2.38. The Balaban J connectivity index is 2.13. The topological polar surface area (TPSA) is 67.6 Å². The molecule has 2 aromatic rings. The van der Waals surface area contributed by atoms with Crippen molar-refractivity contribution in [3.63, 3.8) is 0 Å². The zero-order chi connectivity index (χ0) is 15.5. The summed E-state index contributed by atoms with van der Waals surface area (Å²) in [7, 11) is 0. The fraction of sp³-hybridized carbons (Fsp3) is 0.412. The first-order valence-electron chi connectivity index (χ1n) is 7.67. The van der Waals surface area contributed by atoms with Crippen LogP contribution in [-0.2, 0) is 13.0 Å². The Kier molecular flexibility index (Phi) is 4.21. The van der Waals surface area contributed by atoms with Crippen LogP contribution >= 0.6 is 0 Å². The second-order valence-electron chi connectivity index (χ2n) is 5.68. The molecule has 1 aromatic heterocycles. The number of nitrogens with two attached hydrogens (primary N) is 1. The number of nitriles is 1. The second kappa shape index (κ2) is 6.29. The summed E-state index contributed by atoms with van der Waals surface area (Å²) >= 11 is 0. The van der Waals surface area contributed by atoms with Crippen molar-refractivity contribution in [3.05, 3.63) is 41.3 Å². The highest BCUT2D eigenvalue weighted by molar-refractivity contribution is 5.65. The molecule has 0 amide bonds. The van der Waals surface area contributed by atoms with Crippen LogP contribution in [0.4, 0.5) is 4.39 Å². The van der Waals surface area contributed by atoms with Crippen LogP contribution in [0.15, 0.2) is 24.3 Å². The van der Waals surface area contributed by atoms with Crippen molar-refractivity contribution >= 4 is 0 Å². The van der Waals surface area contributed by atoms with Crippen molar-refractivity contribution in [2.24, 2.45) is 5.73 Å². The van der Waals surface area contributed by atoms with Gasteiger partial charge in [0.25, 0.3) is 0 Å². The van der Waals surface area contributed by atoms with Crippen molar-refractivity contribution in [1.82, 2.24) is 9.78 Å². The fourth-order valence-corrected chi connectivity index (χ4v) is 3.29. The van der Waals surface area contributed by atoms with E-state index in [1.165, 1.54) is 12.1 Å². The van der Waals surface area contributed by atoms with Crippen LogP contribution in [0, 0.1) is 17.1 Å². The third kappa shape index (κ3) is 2.62. The monoisotopic (exact) mass is 298 g/mol. The Labute approximate surface area is 129 Å². The van der Waals surface area contributed by atoms with Crippen molar-refractivity contribution < 1.29 is 4.39 Å². The van der Waals surface area contributed by atoms with E-state index in [4.69, 9.17) is 11.0 Å². The van der Waals surface area contributed by atoms with Gasteiger partial charge in [-0.3, -0.25) is 4.68 Å². The Hall–Kier alpha value is -2.19. The average Bonchev–Trinajstić information content (AvgIpc) is 2.92. The quantitative estimate of drug-likeness (QED) is 0.943. The maximum absolute atomic E-state index is 13.6. The Morgan fingerprint density at radius 3 is 3.05 bits per heavy atom. The number of hydrogen-bond donors (Lipinski definition) is 1. The molecule has 1 atom stereocenters. The molecule has 114 valence electrons. The Morgan fingerprint density at radius 2 is 2.32 bits per heavy atom. The van der Waals surface area contributed by atoms with Crippen LogP contribution in [0.25, 0.3) is 11.3 Å². The standard InChI is InChI=1S/C17H19FN4/c18-14-6-1-4-12(10-14)17-16-13(11-20)5-2-7-15(16)22(21-17)9-3-8-19/h1,4,6,10,13H,2-3,5,7,9,11,20H2. The number of aromatic nitrogens is 2. The lowest BCUT2D eigenvalue weighted by Crippen LogP contribution is -2.19. The van der Waals surface area contributed by atoms with Crippen LogP contribution in [0.5, 0.6) is 0 Å². The minimum Gasteiger partial charge on any atom is -0.330 e. The number of rotatable bonds is 4. The van der Waals surface area contributed by atoms with Crippen LogP contribution in [0.2, 0.25) is 0 Å². The van der Waals surface area contributed by atoms with Crippen LogP contribution in [0.3, 0.4) is 0 Å². The number of hydrogen-bond acceptors (Lipinski definition) is 3. The molecule has 0 aliphatic heterocycles. The van der Waals surface area contributed by atoms with Gasteiger partial charge in [-0.05, 0) is 37.9 Å². The van der Waals surface area contributed by atoms with Crippen LogP contribution in [-0.4, -0.2) is 16.3 Å². The summed E-state index contributed by atoms with van der Waals surface area (Å²) in [5.74, 6) is -0.00390. The molecule has 0 fully saturated rings. The predicted molar refractivity (Wildman–Crippen MR) is 82.6 cm³/mol. The molecule has 1 aromatic carbocycles. The smallest absolute Gasteiger partial charge is 0.123 e. The van der Waals surface area contributed by atoms with E-state index in [1.807, 2.05) is 10.7 Å². The highest BCUT2D eigenvalue weighted by atomic mass is 19.1. The van der Waals surface area contributed by atoms with Crippen molar-refractivity contribution in [2.45, 2.75) is 38.1 Å².